The van der Waals surface area contributed by atoms with Gasteiger partial charge in [-0.3, -0.25) is 14.3 Å². The SMILES string of the molecule is O=c1ccn([C@H]2C[C@H](O)[C@@H](CO[N+](=O)[O-])O2)c(=O)[nH]1. The Morgan fingerprint density at radius 1 is 1.63 bits per heavy atom. The molecule has 2 N–H and O–H groups in total. The van der Waals surface area contributed by atoms with Gasteiger partial charge in [0.25, 0.3) is 10.6 Å². The molecule has 0 saturated carbocycles. The number of hydrogen-bond acceptors (Lipinski definition) is 7. The van der Waals surface area contributed by atoms with Crippen LogP contribution in [0.25, 0.3) is 0 Å². The summed E-state index contributed by atoms with van der Waals surface area (Å²) in [5, 5.41) is 18.7. The third-order valence-corrected chi connectivity index (χ3v) is 2.71. The lowest BCUT2D eigenvalue weighted by Crippen LogP contribution is -2.32. The number of aliphatic hydroxyl groups excluding tert-OH is 1. The number of nitrogens with zero attached hydrogens (tertiary/aromatic N) is 2. The van der Waals surface area contributed by atoms with Crippen molar-refractivity contribution in [3.63, 3.8) is 0 Å². The summed E-state index contributed by atoms with van der Waals surface area (Å²) in [5.74, 6) is 0. The van der Waals surface area contributed by atoms with Gasteiger partial charge in [-0.25, -0.2) is 4.79 Å². The normalized spacial score (nSPS) is 26.3. The molecule has 0 aliphatic carbocycles. The molecule has 1 fully saturated rings. The largest absolute Gasteiger partial charge is 0.390 e. The van der Waals surface area contributed by atoms with Crippen molar-refractivity contribution in [2.45, 2.75) is 24.9 Å². The summed E-state index contributed by atoms with van der Waals surface area (Å²) in [7, 11) is 0. The van der Waals surface area contributed by atoms with Crippen molar-refractivity contribution in [2.75, 3.05) is 6.61 Å². The Hall–Kier alpha value is -2.20. The fourth-order valence-electron chi connectivity index (χ4n) is 1.82. The summed E-state index contributed by atoms with van der Waals surface area (Å²) < 4.78 is 6.39. The highest BCUT2D eigenvalue weighted by atomic mass is 17.0. The third-order valence-electron chi connectivity index (χ3n) is 2.71. The van der Waals surface area contributed by atoms with Crippen LogP contribution in [-0.2, 0) is 9.57 Å². The van der Waals surface area contributed by atoms with Crippen molar-refractivity contribution >= 4 is 0 Å². The molecular weight excluding hydrogens is 262 g/mol. The molecule has 1 saturated heterocycles. The van der Waals surface area contributed by atoms with Crippen LogP contribution in [0.1, 0.15) is 12.6 Å². The Bertz CT molecular complexity index is 580. The topological polar surface area (TPSA) is 137 Å². The van der Waals surface area contributed by atoms with Crippen LogP contribution in [0, 0.1) is 10.1 Å². The number of aromatic amines is 1. The first-order chi connectivity index (χ1) is 8.97. The van der Waals surface area contributed by atoms with Gasteiger partial charge in [0.05, 0.1) is 6.10 Å². The van der Waals surface area contributed by atoms with E-state index < -0.39 is 41.4 Å². The summed E-state index contributed by atoms with van der Waals surface area (Å²) >= 11 is 0. The first-order valence-electron chi connectivity index (χ1n) is 5.39. The van der Waals surface area contributed by atoms with Crippen molar-refractivity contribution in [1.29, 1.82) is 0 Å². The highest BCUT2D eigenvalue weighted by Gasteiger charge is 2.36. The number of ether oxygens (including phenoxy) is 1. The molecule has 104 valence electrons. The Balaban J connectivity index is 2.09. The van der Waals surface area contributed by atoms with Crippen LogP contribution < -0.4 is 11.2 Å². The van der Waals surface area contributed by atoms with E-state index in [9.17, 15) is 24.8 Å². The van der Waals surface area contributed by atoms with Gasteiger partial charge in [-0.2, -0.15) is 0 Å². The van der Waals surface area contributed by atoms with Crippen LogP contribution in [0.2, 0.25) is 0 Å². The van der Waals surface area contributed by atoms with Gasteiger partial charge in [0.1, 0.15) is 18.9 Å². The maximum atomic E-state index is 11.5. The number of rotatable bonds is 4. The van der Waals surface area contributed by atoms with Gasteiger partial charge in [0.15, 0.2) is 0 Å². The van der Waals surface area contributed by atoms with E-state index in [2.05, 4.69) is 4.84 Å². The minimum Gasteiger partial charge on any atom is -0.390 e. The summed E-state index contributed by atoms with van der Waals surface area (Å²) in [4.78, 5) is 38.6. The molecule has 0 spiro atoms. The molecule has 1 aromatic heterocycles. The molecule has 0 aromatic carbocycles. The Kier molecular flexibility index (Phi) is 3.62. The maximum absolute atomic E-state index is 11.5. The summed E-state index contributed by atoms with van der Waals surface area (Å²) in [6.07, 6.45) is -1.41. The number of aromatic nitrogens is 2. The minimum absolute atomic E-state index is 0.0672. The van der Waals surface area contributed by atoms with Crippen LogP contribution in [0.3, 0.4) is 0 Å². The molecule has 0 unspecified atom stereocenters. The fraction of sp³-hybridized carbons (Fsp3) is 0.556. The Morgan fingerprint density at radius 2 is 2.37 bits per heavy atom. The molecule has 3 atom stereocenters. The summed E-state index contributed by atoms with van der Waals surface area (Å²) in [6, 6.07) is 1.14. The molecule has 10 nitrogen and oxygen atoms in total. The first-order valence-corrected chi connectivity index (χ1v) is 5.39. The van der Waals surface area contributed by atoms with E-state index >= 15 is 0 Å². The van der Waals surface area contributed by atoms with E-state index in [0.717, 1.165) is 10.6 Å². The second-order valence-electron chi connectivity index (χ2n) is 3.97. The second-order valence-corrected chi connectivity index (χ2v) is 3.97. The average Bonchev–Trinajstić information content (AvgIpc) is 2.67. The zero-order valence-electron chi connectivity index (χ0n) is 9.59. The molecule has 2 heterocycles. The fourth-order valence-corrected chi connectivity index (χ4v) is 1.82. The average molecular weight is 273 g/mol. The van der Waals surface area contributed by atoms with E-state index in [-0.39, 0.29) is 6.42 Å². The lowest BCUT2D eigenvalue weighted by atomic mass is 10.2. The Labute approximate surface area is 105 Å². The maximum Gasteiger partial charge on any atom is 0.330 e. The zero-order chi connectivity index (χ0) is 14.0. The number of hydrogen-bond donors (Lipinski definition) is 2. The summed E-state index contributed by atoms with van der Waals surface area (Å²) in [6.45, 7) is -0.428. The zero-order valence-corrected chi connectivity index (χ0v) is 9.59. The molecule has 0 bridgehead atoms. The van der Waals surface area contributed by atoms with Gasteiger partial charge >= 0.3 is 5.69 Å². The van der Waals surface area contributed by atoms with E-state index in [1.807, 2.05) is 4.98 Å². The lowest BCUT2D eigenvalue weighted by molar-refractivity contribution is -0.759. The number of nitrogens with one attached hydrogen (secondary N) is 1. The third kappa shape index (κ3) is 2.98. The van der Waals surface area contributed by atoms with Gasteiger partial charge in [0, 0.05) is 18.7 Å². The standard InChI is InChI=1S/C9H11N3O7/c13-5-3-8(19-6(5)4-18-12(16)17)11-2-1-7(14)10-9(11)15/h1-2,5-6,8,13H,3-4H2,(H,10,14,15)/t5-,6+,8+/m0/s1. The predicted octanol–water partition coefficient (Wildman–Crippen LogP) is -1.61. The van der Waals surface area contributed by atoms with E-state index in [0.29, 0.717) is 0 Å². The molecule has 1 aromatic rings. The van der Waals surface area contributed by atoms with Crippen LogP contribution in [0.15, 0.2) is 21.9 Å². The van der Waals surface area contributed by atoms with Gasteiger partial charge in [-0.15, -0.1) is 10.1 Å². The van der Waals surface area contributed by atoms with E-state index in [1.54, 1.807) is 0 Å². The molecular formula is C9H11N3O7. The number of H-pyrrole nitrogens is 1. The van der Waals surface area contributed by atoms with Gasteiger partial charge in [-0.05, 0) is 0 Å². The minimum atomic E-state index is -0.997. The van der Waals surface area contributed by atoms with Crippen LogP contribution in [0.4, 0.5) is 0 Å². The molecule has 1 aliphatic heterocycles. The van der Waals surface area contributed by atoms with Gasteiger partial charge in [-0.1, -0.05) is 0 Å². The molecule has 10 heteroatoms. The highest BCUT2D eigenvalue weighted by molar-refractivity contribution is 4.88. The van der Waals surface area contributed by atoms with Crippen molar-refractivity contribution < 1.29 is 19.8 Å². The van der Waals surface area contributed by atoms with Crippen LogP contribution in [-0.4, -0.2) is 38.6 Å². The highest BCUT2D eigenvalue weighted by Crippen LogP contribution is 2.27. The van der Waals surface area contributed by atoms with Crippen LogP contribution >= 0.6 is 0 Å². The van der Waals surface area contributed by atoms with E-state index in [4.69, 9.17) is 4.74 Å². The molecule has 2 rings (SSSR count). The first kappa shape index (κ1) is 13.2. The molecule has 0 radical (unpaired) electrons. The smallest absolute Gasteiger partial charge is 0.330 e. The van der Waals surface area contributed by atoms with E-state index in [1.165, 1.54) is 6.20 Å². The molecule has 19 heavy (non-hydrogen) atoms. The summed E-state index contributed by atoms with van der Waals surface area (Å²) in [5.41, 5.74) is -1.23. The van der Waals surface area contributed by atoms with Crippen LogP contribution in [0.5, 0.6) is 0 Å². The monoisotopic (exact) mass is 273 g/mol. The second kappa shape index (κ2) is 5.20. The predicted molar refractivity (Wildman–Crippen MR) is 58.8 cm³/mol. The van der Waals surface area contributed by atoms with Crippen molar-refractivity contribution in [2.24, 2.45) is 0 Å². The lowest BCUT2D eigenvalue weighted by Gasteiger charge is -2.14. The van der Waals surface area contributed by atoms with Crippen molar-refractivity contribution in [3.8, 4) is 0 Å². The number of aliphatic hydroxyl groups is 1. The Morgan fingerprint density at radius 3 is 3.00 bits per heavy atom. The van der Waals surface area contributed by atoms with Crippen molar-refractivity contribution in [3.05, 3.63) is 43.2 Å². The van der Waals surface area contributed by atoms with Gasteiger partial charge < -0.3 is 14.7 Å². The van der Waals surface area contributed by atoms with Gasteiger partial charge in [0.2, 0.25) is 0 Å². The molecule has 1 aliphatic rings. The van der Waals surface area contributed by atoms with Crippen molar-refractivity contribution in [1.82, 2.24) is 9.55 Å². The molecule has 0 amide bonds. The quantitative estimate of drug-likeness (QED) is 0.497.